The number of ether oxygens (including phenoxy) is 1. The fraction of sp³-hybridized carbons (Fsp3) is 0.143. The summed E-state index contributed by atoms with van der Waals surface area (Å²) in [4.78, 5) is 0. The van der Waals surface area contributed by atoms with Crippen molar-refractivity contribution in [1.29, 1.82) is 0 Å². The molecular weight excluding hydrogens is 132 g/mol. The minimum absolute atomic E-state index is 0.197. The van der Waals surface area contributed by atoms with Crippen LogP contribution in [0.5, 0.6) is 0 Å². The van der Waals surface area contributed by atoms with E-state index in [-0.39, 0.29) is 11.7 Å². The van der Waals surface area contributed by atoms with E-state index in [0.29, 0.717) is 0 Å². The van der Waals surface area contributed by atoms with Crippen molar-refractivity contribution in [2.75, 3.05) is 0 Å². The second kappa shape index (κ2) is 2.47. The summed E-state index contributed by atoms with van der Waals surface area (Å²) in [6.07, 6.45) is 4.40. The van der Waals surface area contributed by atoms with Gasteiger partial charge in [0.1, 0.15) is 0 Å². The lowest BCUT2D eigenvalue weighted by Gasteiger charge is -2.12. The van der Waals surface area contributed by atoms with Crippen LogP contribution in [0.15, 0.2) is 36.7 Å². The van der Waals surface area contributed by atoms with Crippen LogP contribution >= 0.6 is 0 Å². The van der Waals surface area contributed by atoms with Crippen molar-refractivity contribution in [1.82, 2.24) is 0 Å². The lowest BCUT2D eigenvalue weighted by Crippen LogP contribution is -2.06. The van der Waals surface area contributed by atoms with Gasteiger partial charge in [0, 0.05) is 0 Å². The van der Waals surface area contributed by atoms with Gasteiger partial charge in [0.2, 0.25) is 0 Å². The predicted octanol–water partition coefficient (Wildman–Crippen LogP) is 1.62. The van der Waals surface area contributed by atoms with Crippen molar-refractivity contribution >= 4 is 0 Å². The minimum atomic E-state index is -0.451. The van der Waals surface area contributed by atoms with Crippen molar-refractivity contribution in [2.45, 2.75) is 0 Å². The molecule has 0 saturated heterocycles. The molecule has 1 atom stereocenters. The quantitative estimate of drug-likeness (QED) is 0.544. The van der Waals surface area contributed by atoms with Gasteiger partial charge in [-0.3, -0.25) is 0 Å². The molecule has 2 N–H and O–H groups in total. The summed E-state index contributed by atoms with van der Waals surface area (Å²) in [5.41, 5.74) is 0. The summed E-state index contributed by atoms with van der Waals surface area (Å²) < 4.78 is 4.48. The van der Waals surface area contributed by atoms with E-state index in [0.717, 1.165) is 0 Å². The van der Waals surface area contributed by atoms with Crippen LogP contribution in [-0.4, -0.2) is 10.2 Å². The van der Waals surface area contributed by atoms with Crippen LogP contribution in [0.1, 0.15) is 0 Å². The summed E-state index contributed by atoms with van der Waals surface area (Å²) in [6, 6.07) is 0. The number of aliphatic hydroxyl groups excluding tert-OH is 2. The maximum absolute atomic E-state index is 9.02. The zero-order chi connectivity index (χ0) is 7.56. The van der Waals surface area contributed by atoms with Crippen molar-refractivity contribution in [3.05, 3.63) is 36.7 Å². The number of rotatable bonds is 1. The van der Waals surface area contributed by atoms with Gasteiger partial charge in [0.25, 0.3) is 0 Å². The molecule has 0 spiro atoms. The van der Waals surface area contributed by atoms with Crippen molar-refractivity contribution in [3.63, 3.8) is 0 Å². The van der Waals surface area contributed by atoms with Gasteiger partial charge in [0.15, 0.2) is 5.76 Å². The Morgan fingerprint density at radius 1 is 1.60 bits per heavy atom. The first kappa shape index (κ1) is 6.74. The summed E-state index contributed by atoms with van der Waals surface area (Å²) in [5.74, 6) is -0.973. The lowest BCUT2D eigenvalue weighted by molar-refractivity contribution is 0.124. The fourth-order valence-corrected chi connectivity index (χ4v) is 0.673. The first-order valence-corrected chi connectivity index (χ1v) is 2.83. The normalized spacial score (nSPS) is 24.2. The molecule has 0 saturated carbocycles. The van der Waals surface area contributed by atoms with Crippen LogP contribution in [-0.2, 0) is 4.74 Å². The molecule has 0 radical (unpaired) electrons. The highest BCUT2D eigenvalue weighted by molar-refractivity contribution is 5.16. The Labute approximate surface area is 58.6 Å². The number of hydrogen-bond donors (Lipinski definition) is 2. The summed E-state index contributed by atoms with van der Waals surface area (Å²) in [6.45, 7) is 3.46. The molecule has 0 aliphatic carbocycles. The van der Waals surface area contributed by atoms with Crippen LogP contribution in [0.2, 0.25) is 0 Å². The molecule has 0 aromatic rings. The van der Waals surface area contributed by atoms with Crippen molar-refractivity contribution in [2.24, 2.45) is 5.92 Å². The Balaban J connectivity index is 2.84. The Morgan fingerprint density at radius 3 is 2.80 bits per heavy atom. The topological polar surface area (TPSA) is 49.7 Å². The van der Waals surface area contributed by atoms with E-state index in [1.165, 1.54) is 12.3 Å². The molecule has 3 heteroatoms. The summed E-state index contributed by atoms with van der Waals surface area (Å²) in [7, 11) is 0. The highest BCUT2D eigenvalue weighted by Gasteiger charge is 2.16. The summed E-state index contributed by atoms with van der Waals surface area (Å²) >= 11 is 0. The molecule has 3 nitrogen and oxygen atoms in total. The summed E-state index contributed by atoms with van der Waals surface area (Å²) in [5, 5.41) is 17.8. The standard InChI is InChI=1S/C7H8O3/c1-2-5-3-4-10-7(9)6(5)8/h2-5,8-9H,1H2. The van der Waals surface area contributed by atoms with E-state index in [1.54, 1.807) is 6.08 Å². The Bertz CT molecular complexity index is 203. The number of allylic oxidation sites excluding steroid dienone is 1. The van der Waals surface area contributed by atoms with Crippen LogP contribution in [0.4, 0.5) is 0 Å². The molecular formula is C7H8O3. The Hall–Kier alpha value is -1.38. The molecule has 0 aromatic carbocycles. The van der Waals surface area contributed by atoms with E-state index >= 15 is 0 Å². The maximum Gasteiger partial charge on any atom is 0.322 e. The second-order valence-electron chi connectivity index (χ2n) is 1.90. The van der Waals surface area contributed by atoms with Gasteiger partial charge in [-0.15, -0.1) is 6.58 Å². The van der Waals surface area contributed by atoms with Gasteiger partial charge < -0.3 is 14.9 Å². The van der Waals surface area contributed by atoms with Gasteiger partial charge in [0.05, 0.1) is 12.2 Å². The van der Waals surface area contributed by atoms with E-state index in [1.807, 2.05) is 0 Å². The highest BCUT2D eigenvalue weighted by atomic mass is 16.6. The van der Waals surface area contributed by atoms with Gasteiger partial charge >= 0.3 is 5.95 Å². The largest absolute Gasteiger partial charge is 0.505 e. The average Bonchev–Trinajstić information content (AvgIpc) is 1.95. The smallest absolute Gasteiger partial charge is 0.322 e. The molecule has 0 bridgehead atoms. The van der Waals surface area contributed by atoms with Crippen LogP contribution in [0, 0.1) is 5.92 Å². The van der Waals surface area contributed by atoms with Crippen molar-refractivity contribution in [3.8, 4) is 0 Å². The monoisotopic (exact) mass is 140 g/mol. The number of aliphatic hydroxyl groups is 2. The van der Waals surface area contributed by atoms with Gasteiger partial charge in [-0.2, -0.15) is 0 Å². The third-order valence-corrected chi connectivity index (χ3v) is 1.25. The van der Waals surface area contributed by atoms with Gasteiger partial charge in [-0.25, -0.2) is 0 Å². The molecule has 10 heavy (non-hydrogen) atoms. The lowest BCUT2D eigenvalue weighted by atomic mass is 10.1. The molecule has 0 aromatic heterocycles. The highest BCUT2D eigenvalue weighted by Crippen LogP contribution is 2.19. The molecule has 1 heterocycles. The molecule has 1 aliphatic heterocycles. The minimum Gasteiger partial charge on any atom is -0.505 e. The van der Waals surface area contributed by atoms with Gasteiger partial charge in [-0.1, -0.05) is 6.08 Å². The molecule has 54 valence electrons. The Kier molecular flexibility index (Phi) is 1.67. The van der Waals surface area contributed by atoms with Crippen LogP contribution < -0.4 is 0 Å². The van der Waals surface area contributed by atoms with E-state index in [4.69, 9.17) is 10.2 Å². The molecule has 1 aliphatic rings. The first-order chi connectivity index (χ1) is 4.75. The first-order valence-electron chi connectivity index (χ1n) is 2.83. The molecule has 0 fully saturated rings. The van der Waals surface area contributed by atoms with Crippen LogP contribution in [0.3, 0.4) is 0 Å². The van der Waals surface area contributed by atoms with Gasteiger partial charge in [-0.05, 0) is 6.08 Å². The third-order valence-electron chi connectivity index (χ3n) is 1.25. The molecule has 1 unspecified atom stereocenters. The molecule has 1 rings (SSSR count). The second-order valence-corrected chi connectivity index (χ2v) is 1.90. The molecule has 0 amide bonds. The maximum atomic E-state index is 9.02. The zero-order valence-corrected chi connectivity index (χ0v) is 5.32. The zero-order valence-electron chi connectivity index (χ0n) is 5.32. The Morgan fingerprint density at radius 2 is 2.30 bits per heavy atom. The SMILES string of the molecule is C=CC1C=COC(O)=C1O. The fourth-order valence-electron chi connectivity index (χ4n) is 0.673. The third kappa shape index (κ3) is 0.978. The van der Waals surface area contributed by atoms with E-state index in [9.17, 15) is 0 Å². The number of hydrogen-bond acceptors (Lipinski definition) is 3. The van der Waals surface area contributed by atoms with E-state index in [2.05, 4.69) is 11.3 Å². The average molecular weight is 140 g/mol. The predicted molar refractivity (Wildman–Crippen MR) is 36.2 cm³/mol. The van der Waals surface area contributed by atoms with Crippen molar-refractivity contribution < 1.29 is 14.9 Å². The van der Waals surface area contributed by atoms with E-state index < -0.39 is 5.95 Å². The van der Waals surface area contributed by atoms with Crippen LogP contribution in [0.25, 0.3) is 0 Å².